The highest BCUT2D eigenvalue weighted by Gasteiger charge is 2.40. The topological polar surface area (TPSA) is 43.9 Å². The van der Waals surface area contributed by atoms with Crippen molar-refractivity contribution >= 4 is 11.8 Å². The van der Waals surface area contributed by atoms with Crippen LogP contribution < -0.4 is 0 Å². The highest BCUT2D eigenvalue weighted by atomic mass is 19.4. The van der Waals surface area contributed by atoms with Crippen molar-refractivity contribution in [2.24, 2.45) is 11.3 Å². The summed E-state index contributed by atoms with van der Waals surface area (Å²) in [7, 11) is 0. The van der Waals surface area contributed by atoms with Crippen molar-refractivity contribution in [3.05, 3.63) is 35.4 Å². The van der Waals surface area contributed by atoms with Crippen molar-refractivity contribution < 1.29 is 22.8 Å². The Morgan fingerprint density at radius 3 is 2.11 bits per heavy atom. The lowest BCUT2D eigenvalue weighted by molar-refractivity contribution is -0.142. The maximum atomic E-state index is 13.5. The Morgan fingerprint density at radius 2 is 1.61 bits per heavy atom. The van der Waals surface area contributed by atoms with Gasteiger partial charge >= 0.3 is 6.18 Å². The molecule has 0 aromatic heterocycles. The summed E-state index contributed by atoms with van der Waals surface area (Å²) in [6.45, 7) is 13.6. The fraction of sp³-hybridized carbons (Fsp3) is 0.714. The average Bonchev–Trinajstić information content (AvgIpc) is 2.81. The van der Waals surface area contributed by atoms with Crippen LogP contribution in [0, 0.1) is 11.3 Å². The van der Waals surface area contributed by atoms with E-state index in [-0.39, 0.29) is 29.3 Å². The van der Waals surface area contributed by atoms with Crippen LogP contribution in [0.1, 0.15) is 83.9 Å². The van der Waals surface area contributed by atoms with Crippen LogP contribution in [0.25, 0.3) is 0 Å². The second-order valence-corrected chi connectivity index (χ2v) is 11.5. The van der Waals surface area contributed by atoms with Gasteiger partial charge in [0, 0.05) is 58.2 Å². The monoisotopic (exact) mass is 509 g/mol. The predicted octanol–water partition coefficient (Wildman–Crippen LogP) is 5.75. The van der Waals surface area contributed by atoms with Crippen LogP contribution in [0.2, 0.25) is 0 Å². The SMILES string of the molecule is CCCC(c1ccc(C(F)(F)F)cc1)N1CCN(C(=O)CC2CCN(C(C)=O)CC2)[C@@H](C(C)(C)C)C1. The third kappa shape index (κ3) is 7.02. The molecule has 8 heteroatoms. The molecule has 2 amide bonds. The molecule has 0 radical (unpaired) electrons. The van der Waals surface area contributed by atoms with Crippen LogP contribution in [0.3, 0.4) is 0 Å². The minimum Gasteiger partial charge on any atom is -0.343 e. The molecule has 2 aliphatic rings. The number of carbonyl (C=O) groups excluding carboxylic acids is 2. The lowest BCUT2D eigenvalue weighted by Gasteiger charge is -2.50. The standard InChI is InChI=1S/C28H42F3N3O2/c1-6-7-24(22-8-10-23(11-9-22)28(29,30)31)33-16-17-34(25(19-33)27(3,4)5)26(36)18-21-12-14-32(15-13-21)20(2)35/h8-11,21,24-25H,6-7,12-19H2,1-5H3/t24?,25-/m1/s1. The molecule has 0 saturated carbocycles. The second kappa shape index (κ2) is 11.5. The van der Waals surface area contributed by atoms with Crippen molar-refractivity contribution in [2.45, 2.75) is 85.0 Å². The molecule has 3 rings (SSSR count). The van der Waals surface area contributed by atoms with Gasteiger partial charge in [0.25, 0.3) is 0 Å². The van der Waals surface area contributed by atoms with Crippen molar-refractivity contribution in [2.75, 3.05) is 32.7 Å². The molecule has 2 atom stereocenters. The van der Waals surface area contributed by atoms with Gasteiger partial charge < -0.3 is 9.80 Å². The normalized spacial score (nSPS) is 21.5. The summed E-state index contributed by atoms with van der Waals surface area (Å²) in [6, 6.07) is 5.62. The number of piperidine rings is 1. The van der Waals surface area contributed by atoms with E-state index < -0.39 is 11.7 Å². The third-order valence-corrected chi connectivity index (χ3v) is 7.88. The van der Waals surface area contributed by atoms with Gasteiger partial charge in [-0.1, -0.05) is 46.2 Å². The van der Waals surface area contributed by atoms with Crippen LogP contribution in [-0.2, 0) is 15.8 Å². The van der Waals surface area contributed by atoms with Gasteiger partial charge in [-0.25, -0.2) is 0 Å². The van der Waals surface area contributed by atoms with E-state index in [1.54, 1.807) is 19.1 Å². The van der Waals surface area contributed by atoms with Gasteiger partial charge in [0.2, 0.25) is 11.8 Å². The Morgan fingerprint density at radius 1 is 1.00 bits per heavy atom. The minimum atomic E-state index is -4.34. The first-order valence-electron chi connectivity index (χ1n) is 13.3. The van der Waals surface area contributed by atoms with E-state index in [9.17, 15) is 22.8 Å². The van der Waals surface area contributed by atoms with Crippen LogP contribution in [0.15, 0.2) is 24.3 Å². The van der Waals surface area contributed by atoms with E-state index in [1.807, 2.05) is 9.80 Å². The fourth-order valence-electron chi connectivity index (χ4n) is 5.67. The molecule has 2 aliphatic heterocycles. The molecule has 0 bridgehead atoms. The van der Waals surface area contributed by atoms with Crippen molar-refractivity contribution in [1.29, 1.82) is 0 Å². The third-order valence-electron chi connectivity index (χ3n) is 7.88. The first kappa shape index (κ1) is 28.5. The molecule has 5 nitrogen and oxygen atoms in total. The number of amides is 2. The summed E-state index contributed by atoms with van der Waals surface area (Å²) in [5.41, 5.74) is 0.136. The highest BCUT2D eigenvalue weighted by molar-refractivity contribution is 5.77. The molecule has 36 heavy (non-hydrogen) atoms. The molecule has 0 aliphatic carbocycles. The predicted molar refractivity (Wildman–Crippen MR) is 135 cm³/mol. The second-order valence-electron chi connectivity index (χ2n) is 11.5. The molecule has 1 unspecified atom stereocenters. The van der Waals surface area contributed by atoms with E-state index in [2.05, 4.69) is 32.6 Å². The zero-order valence-electron chi connectivity index (χ0n) is 22.4. The minimum absolute atomic E-state index is 0.0184. The molecule has 0 N–H and O–H groups in total. The average molecular weight is 510 g/mol. The van der Waals surface area contributed by atoms with Gasteiger partial charge in [-0.2, -0.15) is 13.2 Å². The number of benzene rings is 1. The molecule has 2 saturated heterocycles. The number of hydrogen-bond donors (Lipinski definition) is 0. The van der Waals surface area contributed by atoms with Gasteiger partial charge in [-0.05, 0) is 48.3 Å². The number of piperazine rings is 1. The molecule has 0 spiro atoms. The van der Waals surface area contributed by atoms with Crippen LogP contribution in [0.5, 0.6) is 0 Å². The van der Waals surface area contributed by atoms with Crippen LogP contribution in [0.4, 0.5) is 13.2 Å². The Balaban J connectivity index is 1.71. The number of alkyl halides is 3. The maximum Gasteiger partial charge on any atom is 0.416 e. The Labute approximate surface area is 214 Å². The molecule has 2 fully saturated rings. The van der Waals surface area contributed by atoms with Crippen LogP contribution >= 0.6 is 0 Å². The van der Waals surface area contributed by atoms with Crippen molar-refractivity contribution in [1.82, 2.24) is 14.7 Å². The summed E-state index contributed by atoms with van der Waals surface area (Å²) in [6.07, 6.45) is -0.342. The Bertz CT molecular complexity index is 887. The zero-order valence-corrected chi connectivity index (χ0v) is 22.4. The van der Waals surface area contributed by atoms with Crippen LogP contribution in [-0.4, -0.2) is 65.3 Å². The maximum absolute atomic E-state index is 13.5. The van der Waals surface area contributed by atoms with Crippen molar-refractivity contribution in [3.8, 4) is 0 Å². The summed E-state index contributed by atoms with van der Waals surface area (Å²) in [4.78, 5) is 31.3. The molecule has 202 valence electrons. The van der Waals surface area contributed by atoms with E-state index in [1.165, 1.54) is 12.1 Å². The van der Waals surface area contributed by atoms with Gasteiger partial charge in [-0.15, -0.1) is 0 Å². The van der Waals surface area contributed by atoms with Gasteiger partial charge in [0.1, 0.15) is 0 Å². The first-order chi connectivity index (χ1) is 16.8. The van der Waals surface area contributed by atoms with E-state index >= 15 is 0 Å². The summed E-state index contributed by atoms with van der Waals surface area (Å²) in [5, 5.41) is 0. The largest absolute Gasteiger partial charge is 0.416 e. The molecular formula is C28H42F3N3O2. The lowest BCUT2D eigenvalue weighted by atomic mass is 9.82. The lowest BCUT2D eigenvalue weighted by Crippen LogP contribution is -2.60. The Kier molecular flexibility index (Phi) is 9.12. The van der Waals surface area contributed by atoms with E-state index in [0.717, 1.165) is 44.3 Å². The number of halogens is 3. The fourth-order valence-corrected chi connectivity index (χ4v) is 5.67. The molecule has 1 aromatic rings. The number of hydrogen-bond acceptors (Lipinski definition) is 3. The number of likely N-dealkylation sites (tertiary alicyclic amines) is 1. The number of carbonyl (C=O) groups is 2. The highest BCUT2D eigenvalue weighted by Crippen LogP contribution is 2.36. The first-order valence-corrected chi connectivity index (χ1v) is 13.3. The smallest absolute Gasteiger partial charge is 0.343 e. The number of rotatable bonds is 6. The number of nitrogens with zero attached hydrogens (tertiary/aromatic N) is 3. The zero-order chi connectivity index (χ0) is 26.7. The Hall–Kier alpha value is -2.09. The molecule has 1 aromatic carbocycles. The van der Waals surface area contributed by atoms with Gasteiger partial charge in [0.05, 0.1) is 5.56 Å². The summed E-state index contributed by atoms with van der Waals surface area (Å²) >= 11 is 0. The van der Waals surface area contributed by atoms with E-state index in [0.29, 0.717) is 32.0 Å². The van der Waals surface area contributed by atoms with Crippen molar-refractivity contribution in [3.63, 3.8) is 0 Å². The summed E-state index contributed by atoms with van der Waals surface area (Å²) in [5.74, 6) is 0.572. The van der Waals surface area contributed by atoms with Gasteiger partial charge in [0.15, 0.2) is 0 Å². The molecular weight excluding hydrogens is 467 g/mol. The summed E-state index contributed by atoms with van der Waals surface area (Å²) < 4.78 is 39.2. The van der Waals surface area contributed by atoms with Gasteiger partial charge in [-0.3, -0.25) is 14.5 Å². The molecule has 2 heterocycles. The van der Waals surface area contributed by atoms with E-state index in [4.69, 9.17) is 0 Å². The quantitative estimate of drug-likeness (QED) is 0.490.